The van der Waals surface area contributed by atoms with Gasteiger partial charge in [-0.2, -0.15) is 13.2 Å². The summed E-state index contributed by atoms with van der Waals surface area (Å²) >= 11 is 0. The average molecular weight is 473 g/mol. The molecule has 1 amide bonds. The minimum atomic E-state index is -4.77. The molecule has 0 aliphatic heterocycles. The van der Waals surface area contributed by atoms with E-state index in [4.69, 9.17) is 10.2 Å². The van der Waals surface area contributed by atoms with Crippen LogP contribution in [-0.4, -0.2) is 22.2 Å². The van der Waals surface area contributed by atoms with E-state index in [1.165, 1.54) is 18.2 Å². The van der Waals surface area contributed by atoms with E-state index >= 15 is 0 Å². The van der Waals surface area contributed by atoms with Gasteiger partial charge in [0, 0.05) is 23.7 Å². The highest BCUT2D eigenvalue weighted by Gasteiger charge is 2.33. The van der Waals surface area contributed by atoms with Crippen LogP contribution in [0.25, 0.3) is 11.5 Å². The van der Waals surface area contributed by atoms with Gasteiger partial charge in [0.05, 0.1) is 5.69 Å². The standard InChI is InChI=1S/C13H11F3N2O.C8H6F3NO2/c14-13(15,16)11-7-8(5-6-17-11)12-18-9-3-1-2-4-10(9)19-12;9-8(10,11)14-6-3-1-2-5(4-6)7(12)13/h5-7H,1-4H2;1-4H,(H2,12,13). The number of benzene rings is 1. The second-order valence-corrected chi connectivity index (χ2v) is 6.96. The molecule has 33 heavy (non-hydrogen) atoms. The Labute approximate surface area is 183 Å². The number of hydrogen-bond donors (Lipinski definition) is 1. The summed E-state index contributed by atoms with van der Waals surface area (Å²) in [7, 11) is 0. The predicted octanol–water partition coefficient (Wildman–Crippen LogP) is 5.32. The largest absolute Gasteiger partial charge is 0.573 e. The number of alkyl halides is 6. The van der Waals surface area contributed by atoms with Crippen molar-refractivity contribution in [3.05, 3.63) is 65.3 Å². The Kier molecular flexibility index (Phi) is 6.94. The summed E-state index contributed by atoms with van der Waals surface area (Å²) in [5.41, 5.74) is 5.09. The Balaban J connectivity index is 0.000000196. The molecule has 176 valence electrons. The number of aromatic nitrogens is 2. The highest BCUT2D eigenvalue weighted by atomic mass is 19.4. The molecule has 2 N–H and O–H groups in total. The summed E-state index contributed by atoms with van der Waals surface area (Å²) in [5.74, 6) is -0.224. The zero-order valence-corrected chi connectivity index (χ0v) is 16.8. The number of fused-ring (bicyclic) bond motifs is 1. The van der Waals surface area contributed by atoms with Crippen molar-refractivity contribution in [3.8, 4) is 17.2 Å². The van der Waals surface area contributed by atoms with Gasteiger partial charge in [-0.1, -0.05) is 6.07 Å². The maximum atomic E-state index is 12.6. The lowest BCUT2D eigenvalue weighted by Gasteiger charge is -2.08. The number of carbonyl (C=O) groups is 1. The number of rotatable bonds is 3. The molecule has 1 aliphatic carbocycles. The predicted molar refractivity (Wildman–Crippen MR) is 103 cm³/mol. The molecule has 0 bridgehead atoms. The third-order valence-corrected chi connectivity index (χ3v) is 4.50. The zero-order valence-electron chi connectivity index (χ0n) is 16.8. The molecule has 4 rings (SSSR count). The van der Waals surface area contributed by atoms with E-state index in [0.717, 1.165) is 61.5 Å². The summed E-state index contributed by atoms with van der Waals surface area (Å²) in [4.78, 5) is 18.2. The molecule has 6 nitrogen and oxygen atoms in total. The number of hydrogen-bond acceptors (Lipinski definition) is 5. The minimum absolute atomic E-state index is 0.0354. The Hall–Kier alpha value is -3.57. The summed E-state index contributed by atoms with van der Waals surface area (Å²) in [6.07, 6.45) is -4.38. The Bertz CT molecular complexity index is 1100. The van der Waals surface area contributed by atoms with Crippen molar-refractivity contribution in [1.82, 2.24) is 9.97 Å². The van der Waals surface area contributed by atoms with Gasteiger partial charge in [-0.3, -0.25) is 9.78 Å². The second kappa shape index (κ2) is 9.51. The quantitative estimate of drug-likeness (QED) is 0.520. The molecule has 0 fully saturated rings. The third kappa shape index (κ3) is 6.70. The van der Waals surface area contributed by atoms with Gasteiger partial charge in [-0.15, -0.1) is 13.2 Å². The van der Waals surface area contributed by atoms with Gasteiger partial charge in [-0.05, 0) is 49.6 Å². The average Bonchev–Trinajstić information content (AvgIpc) is 3.17. The Morgan fingerprint density at radius 3 is 2.39 bits per heavy atom. The molecule has 0 saturated carbocycles. The van der Waals surface area contributed by atoms with E-state index in [2.05, 4.69) is 14.7 Å². The molecule has 1 aliphatic rings. The molecule has 0 unspecified atom stereocenters. The number of amides is 1. The first kappa shape index (κ1) is 24.1. The molecule has 2 aromatic heterocycles. The van der Waals surface area contributed by atoms with Gasteiger partial charge in [0.1, 0.15) is 17.2 Å². The summed E-state index contributed by atoms with van der Waals surface area (Å²) < 4.78 is 82.1. The summed E-state index contributed by atoms with van der Waals surface area (Å²) in [5, 5.41) is 0. The highest BCUT2D eigenvalue weighted by Crippen LogP contribution is 2.32. The van der Waals surface area contributed by atoms with Crippen LogP contribution in [0, 0.1) is 0 Å². The Morgan fingerprint density at radius 1 is 1.03 bits per heavy atom. The highest BCUT2D eigenvalue weighted by molar-refractivity contribution is 5.93. The first-order valence-electron chi connectivity index (χ1n) is 9.60. The van der Waals surface area contributed by atoms with Gasteiger partial charge in [0.15, 0.2) is 0 Å². The number of carbonyl (C=O) groups excluding carboxylic acids is 1. The molecule has 0 atom stereocenters. The van der Waals surface area contributed by atoms with E-state index in [0.29, 0.717) is 5.56 Å². The molecular weight excluding hydrogens is 456 g/mol. The van der Waals surface area contributed by atoms with E-state index in [-0.39, 0.29) is 11.5 Å². The van der Waals surface area contributed by atoms with Gasteiger partial charge in [0.2, 0.25) is 11.8 Å². The van der Waals surface area contributed by atoms with Crippen molar-refractivity contribution in [2.45, 2.75) is 38.2 Å². The van der Waals surface area contributed by atoms with Crippen LogP contribution in [-0.2, 0) is 19.0 Å². The number of pyridine rings is 1. The first-order valence-corrected chi connectivity index (χ1v) is 9.60. The number of aryl methyl sites for hydroxylation is 2. The molecule has 1 aromatic carbocycles. The monoisotopic (exact) mass is 473 g/mol. The van der Waals surface area contributed by atoms with Crippen molar-refractivity contribution in [1.29, 1.82) is 0 Å². The third-order valence-electron chi connectivity index (χ3n) is 4.50. The number of halogens is 6. The lowest BCUT2D eigenvalue weighted by molar-refractivity contribution is -0.274. The molecule has 2 heterocycles. The molecule has 12 heteroatoms. The van der Waals surface area contributed by atoms with Crippen molar-refractivity contribution < 1.29 is 40.3 Å². The lowest BCUT2D eigenvalue weighted by atomic mass is 10.0. The van der Waals surface area contributed by atoms with Gasteiger partial charge < -0.3 is 14.9 Å². The maximum Gasteiger partial charge on any atom is 0.573 e. The molecular formula is C21H17F6N3O3. The van der Waals surface area contributed by atoms with Crippen LogP contribution < -0.4 is 10.5 Å². The molecule has 0 saturated heterocycles. The van der Waals surface area contributed by atoms with Crippen molar-refractivity contribution >= 4 is 5.91 Å². The van der Waals surface area contributed by atoms with E-state index in [9.17, 15) is 31.1 Å². The first-order chi connectivity index (χ1) is 15.4. The minimum Gasteiger partial charge on any atom is -0.441 e. The van der Waals surface area contributed by atoms with Crippen LogP contribution in [0.3, 0.4) is 0 Å². The fraction of sp³-hybridized carbons (Fsp3) is 0.286. The van der Waals surface area contributed by atoms with E-state index in [1.807, 2.05) is 0 Å². The SMILES string of the molecule is FC(F)(F)c1cc(-c2nc3c(o2)CCCC3)ccn1.NC(=O)c1cccc(OC(F)(F)F)c1. The van der Waals surface area contributed by atoms with Gasteiger partial charge in [0.25, 0.3) is 0 Å². The van der Waals surface area contributed by atoms with E-state index < -0.39 is 29.9 Å². The fourth-order valence-corrected chi connectivity index (χ4v) is 3.04. The molecule has 3 aromatic rings. The number of primary amides is 1. The maximum absolute atomic E-state index is 12.6. The van der Waals surface area contributed by atoms with Crippen molar-refractivity contribution in [2.24, 2.45) is 5.73 Å². The van der Waals surface area contributed by atoms with E-state index in [1.54, 1.807) is 0 Å². The van der Waals surface area contributed by atoms with Crippen LogP contribution in [0.5, 0.6) is 5.75 Å². The van der Waals surface area contributed by atoms with Crippen molar-refractivity contribution in [2.75, 3.05) is 0 Å². The molecule has 0 spiro atoms. The lowest BCUT2D eigenvalue weighted by Crippen LogP contribution is -2.18. The molecule has 0 radical (unpaired) electrons. The second-order valence-electron chi connectivity index (χ2n) is 6.96. The number of nitrogens with two attached hydrogens (primary N) is 1. The van der Waals surface area contributed by atoms with Crippen LogP contribution in [0.2, 0.25) is 0 Å². The van der Waals surface area contributed by atoms with Crippen LogP contribution in [0.1, 0.15) is 40.3 Å². The van der Waals surface area contributed by atoms with Crippen LogP contribution in [0.15, 0.2) is 47.0 Å². The van der Waals surface area contributed by atoms with Crippen LogP contribution >= 0.6 is 0 Å². The number of oxazole rings is 1. The van der Waals surface area contributed by atoms with Crippen molar-refractivity contribution in [3.63, 3.8) is 0 Å². The fourth-order valence-electron chi connectivity index (χ4n) is 3.04. The number of ether oxygens (including phenoxy) is 1. The van der Waals surface area contributed by atoms with Gasteiger partial charge >= 0.3 is 12.5 Å². The summed E-state index contributed by atoms with van der Waals surface area (Å²) in [6.45, 7) is 0. The summed E-state index contributed by atoms with van der Waals surface area (Å²) in [6, 6.07) is 7.01. The number of nitrogens with zero attached hydrogens (tertiary/aromatic N) is 2. The topological polar surface area (TPSA) is 91.2 Å². The zero-order chi connectivity index (χ0) is 24.2. The smallest absolute Gasteiger partial charge is 0.441 e. The van der Waals surface area contributed by atoms with Crippen LogP contribution in [0.4, 0.5) is 26.3 Å². The Morgan fingerprint density at radius 2 is 1.76 bits per heavy atom. The van der Waals surface area contributed by atoms with Gasteiger partial charge in [-0.25, -0.2) is 4.98 Å². The normalized spacial score (nSPS) is 13.5.